The van der Waals surface area contributed by atoms with Crippen LogP contribution in [0.15, 0.2) is 36.7 Å². The first-order valence-electron chi connectivity index (χ1n) is 9.24. The lowest BCUT2D eigenvalue weighted by Crippen LogP contribution is -2.36. The Morgan fingerprint density at radius 3 is 2.65 bits per heavy atom. The molecule has 1 aromatic heterocycles. The molecule has 0 N–H and O–H groups in total. The predicted molar refractivity (Wildman–Crippen MR) is 99.4 cm³/mol. The summed E-state index contributed by atoms with van der Waals surface area (Å²) in [6.45, 7) is 7.63. The number of amides is 1. The van der Waals surface area contributed by atoms with Gasteiger partial charge >= 0.3 is 6.09 Å². The van der Waals surface area contributed by atoms with Gasteiger partial charge in [0.25, 0.3) is 0 Å². The van der Waals surface area contributed by atoms with E-state index in [-0.39, 0.29) is 11.7 Å². The van der Waals surface area contributed by atoms with Crippen LogP contribution in [0.3, 0.4) is 0 Å². The molecule has 0 bridgehead atoms. The van der Waals surface area contributed by atoms with Gasteiger partial charge in [0, 0.05) is 44.9 Å². The normalized spacial score (nSPS) is 23.4. The molecule has 1 aromatic carbocycles. The third-order valence-electron chi connectivity index (χ3n) is 5.40. The Morgan fingerprint density at radius 2 is 2.00 bits per heavy atom. The molecule has 2 aliphatic heterocycles. The van der Waals surface area contributed by atoms with Crippen molar-refractivity contribution in [3.8, 4) is 5.69 Å². The lowest BCUT2D eigenvalue weighted by Gasteiger charge is -2.21. The number of carbonyl (C=O) groups excluding carboxylic acids is 1. The fraction of sp³-hybridized carbons (Fsp3) is 0.500. The number of hydrogen-bond donors (Lipinski definition) is 0. The zero-order valence-electron chi connectivity index (χ0n) is 15.7. The number of likely N-dealkylation sites (tertiary alicyclic amines) is 1. The average Bonchev–Trinajstić information content (AvgIpc) is 3.29. The summed E-state index contributed by atoms with van der Waals surface area (Å²) in [4.78, 5) is 15.7. The summed E-state index contributed by atoms with van der Waals surface area (Å²) in [5, 5.41) is 4.51. The molecular weight excluding hydrogens is 328 g/mol. The van der Waals surface area contributed by atoms with Gasteiger partial charge in [-0.25, -0.2) is 9.48 Å². The number of ether oxygens (including phenoxy) is 1. The second-order valence-electron chi connectivity index (χ2n) is 7.91. The number of hydrogen-bond acceptors (Lipinski definition) is 4. The minimum Gasteiger partial charge on any atom is -0.439 e. The van der Waals surface area contributed by atoms with Crippen LogP contribution in [0, 0.1) is 0 Å². The SMILES string of the molecule is CC(C)c1ccc(-n2cc(CN3CCC4(C3)CN(C)C(=O)O4)cn2)cc1. The highest BCUT2D eigenvalue weighted by atomic mass is 16.6. The Morgan fingerprint density at radius 1 is 1.23 bits per heavy atom. The van der Waals surface area contributed by atoms with E-state index in [1.54, 1.807) is 11.9 Å². The van der Waals surface area contributed by atoms with Crippen LogP contribution < -0.4 is 0 Å². The van der Waals surface area contributed by atoms with E-state index < -0.39 is 0 Å². The second-order valence-corrected chi connectivity index (χ2v) is 7.91. The van der Waals surface area contributed by atoms with Gasteiger partial charge in [-0.05, 0) is 23.6 Å². The van der Waals surface area contributed by atoms with Gasteiger partial charge < -0.3 is 9.64 Å². The standard InChI is InChI=1S/C20H26N4O2/c1-15(2)17-4-6-18(7-5-17)24-12-16(10-21-24)11-23-9-8-20(14-23)13-22(3)19(25)26-20/h4-7,10,12,15H,8-9,11,13-14H2,1-3H3. The lowest BCUT2D eigenvalue weighted by molar-refractivity contribution is 0.0627. The summed E-state index contributed by atoms with van der Waals surface area (Å²) in [5.74, 6) is 0.531. The maximum absolute atomic E-state index is 11.7. The fourth-order valence-electron chi connectivity index (χ4n) is 3.92. The van der Waals surface area contributed by atoms with Gasteiger partial charge in [-0.15, -0.1) is 0 Å². The van der Waals surface area contributed by atoms with Crippen LogP contribution >= 0.6 is 0 Å². The molecule has 1 unspecified atom stereocenters. The van der Waals surface area contributed by atoms with Crippen LogP contribution in [0.25, 0.3) is 5.69 Å². The van der Waals surface area contributed by atoms with Gasteiger partial charge in [0.1, 0.15) is 5.60 Å². The fourth-order valence-corrected chi connectivity index (χ4v) is 3.92. The number of likely N-dealkylation sites (N-methyl/N-ethyl adjacent to an activating group) is 1. The number of carbonyl (C=O) groups is 1. The van der Waals surface area contributed by atoms with Gasteiger partial charge in [-0.2, -0.15) is 5.10 Å². The van der Waals surface area contributed by atoms with Crippen molar-refractivity contribution in [2.75, 3.05) is 26.7 Å². The van der Waals surface area contributed by atoms with Crippen LogP contribution in [0.2, 0.25) is 0 Å². The Bertz CT molecular complexity index is 798. The van der Waals surface area contributed by atoms with Gasteiger partial charge in [-0.1, -0.05) is 26.0 Å². The molecule has 2 saturated heterocycles. The van der Waals surface area contributed by atoms with Crippen LogP contribution in [0.1, 0.15) is 37.3 Å². The molecule has 1 atom stereocenters. The quantitative estimate of drug-likeness (QED) is 0.847. The summed E-state index contributed by atoms with van der Waals surface area (Å²) in [7, 11) is 1.80. The van der Waals surface area contributed by atoms with E-state index in [1.807, 2.05) is 10.9 Å². The minimum atomic E-state index is -0.325. The topological polar surface area (TPSA) is 50.6 Å². The molecule has 2 aliphatic rings. The summed E-state index contributed by atoms with van der Waals surface area (Å²) in [6.07, 6.45) is 4.70. The molecule has 6 nitrogen and oxygen atoms in total. The Labute approximate surface area is 154 Å². The third kappa shape index (κ3) is 3.21. The van der Waals surface area contributed by atoms with Crippen molar-refractivity contribution in [2.45, 2.75) is 38.3 Å². The molecule has 2 fully saturated rings. The molecule has 0 aliphatic carbocycles. The van der Waals surface area contributed by atoms with E-state index in [0.717, 1.165) is 31.7 Å². The van der Waals surface area contributed by atoms with E-state index in [0.29, 0.717) is 12.5 Å². The Kier molecular flexibility index (Phi) is 4.23. The summed E-state index contributed by atoms with van der Waals surface area (Å²) in [5.41, 5.74) is 3.26. The maximum atomic E-state index is 11.7. The van der Waals surface area contributed by atoms with Crippen molar-refractivity contribution < 1.29 is 9.53 Å². The molecule has 4 rings (SSSR count). The van der Waals surface area contributed by atoms with Crippen LogP contribution in [-0.4, -0.2) is 58.0 Å². The molecule has 1 amide bonds. The molecule has 2 aromatic rings. The molecule has 0 saturated carbocycles. The first kappa shape index (κ1) is 17.1. The van der Waals surface area contributed by atoms with Crippen molar-refractivity contribution in [1.29, 1.82) is 0 Å². The van der Waals surface area contributed by atoms with E-state index >= 15 is 0 Å². The first-order chi connectivity index (χ1) is 12.4. The van der Waals surface area contributed by atoms with Gasteiger partial charge in [0.15, 0.2) is 0 Å². The summed E-state index contributed by atoms with van der Waals surface area (Å²) >= 11 is 0. The summed E-state index contributed by atoms with van der Waals surface area (Å²) < 4.78 is 7.54. The highest BCUT2D eigenvalue weighted by Crippen LogP contribution is 2.32. The molecular formula is C20H26N4O2. The Balaban J connectivity index is 1.41. The Hall–Kier alpha value is -2.34. The zero-order chi connectivity index (χ0) is 18.3. The average molecular weight is 354 g/mol. The van der Waals surface area contributed by atoms with Crippen LogP contribution in [-0.2, 0) is 11.3 Å². The first-order valence-corrected chi connectivity index (χ1v) is 9.24. The van der Waals surface area contributed by atoms with E-state index in [1.165, 1.54) is 11.1 Å². The number of benzene rings is 1. The molecule has 0 radical (unpaired) electrons. The lowest BCUT2D eigenvalue weighted by atomic mass is 10.0. The molecule has 1 spiro atoms. The predicted octanol–water partition coefficient (Wildman–Crippen LogP) is 3.02. The highest BCUT2D eigenvalue weighted by Gasteiger charge is 2.48. The zero-order valence-corrected chi connectivity index (χ0v) is 15.7. The minimum absolute atomic E-state index is 0.204. The molecule has 6 heteroatoms. The monoisotopic (exact) mass is 354 g/mol. The van der Waals surface area contributed by atoms with Crippen molar-refractivity contribution in [3.05, 3.63) is 47.8 Å². The second kappa shape index (κ2) is 6.43. The van der Waals surface area contributed by atoms with Gasteiger partial charge in [0.05, 0.1) is 18.4 Å². The van der Waals surface area contributed by atoms with Gasteiger partial charge in [0.2, 0.25) is 0 Å². The molecule has 3 heterocycles. The van der Waals surface area contributed by atoms with Crippen molar-refractivity contribution in [1.82, 2.24) is 19.6 Å². The smallest absolute Gasteiger partial charge is 0.410 e. The number of rotatable bonds is 4. The van der Waals surface area contributed by atoms with Crippen molar-refractivity contribution in [3.63, 3.8) is 0 Å². The van der Waals surface area contributed by atoms with Gasteiger partial charge in [-0.3, -0.25) is 4.90 Å². The van der Waals surface area contributed by atoms with Crippen molar-refractivity contribution in [2.24, 2.45) is 0 Å². The van der Waals surface area contributed by atoms with Crippen molar-refractivity contribution >= 4 is 6.09 Å². The molecule has 26 heavy (non-hydrogen) atoms. The highest BCUT2D eigenvalue weighted by molar-refractivity contribution is 5.70. The third-order valence-corrected chi connectivity index (χ3v) is 5.40. The largest absolute Gasteiger partial charge is 0.439 e. The van der Waals surface area contributed by atoms with Crippen LogP contribution in [0.4, 0.5) is 4.79 Å². The number of aromatic nitrogens is 2. The molecule has 138 valence electrons. The van der Waals surface area contributed by atoms with E-state index in [2.05, 4.69) is 54.3 Å². The number of nitrogens with zero attached hydrogens (tertiary/aromatic N) is 4. The maximum Gasteiger partial charge on any atom is 0.410 e. The summed E-state index contributed by atoms with van der Waals surface area (Å²) in [6, 6.07) is 8.56. The van der Waals surface area contributed by atoms with E-state index in [9.17, 15) is 4.79 Å². The van der Waals surface area contributed by atoms with Crippen LogP contribution in [0.5, 0.6) is 0 Å². The van der Waals surface area contributed by atoms with E-state index in [4.69, 9.17) is 4.74 Å².